The van der Waals surface area contributed by atoms with Crippen LogP contribution in [0.3, 0.4) is 0 Å². The second-order valence-corrected chi connectivity index (χ2v) is 6.90. The number of esters is 1. The van der Waals surface area contributed by atoms with Gasteiger partial charge in [0.25, 0.3) is 11.8 Å². The zero-order valence-electron chi connectivity index (χ0n) is 15.1. The lowest BCUT2D eigenvalue weighted by atomic mass is 10.2. The molecular formula is C21H18N2O4S. The molecule has 0 radical (unpaired) electrons. The van der Waals surface area contributed by atoms with E-state index in [-0.39, 0.29) is 18.1 Å². The van der Waals surface area contributed by atoms with Crippen molar-refractivity contribution in [2.24, 2.45) is 0 Å². The Labute approximate surface area is 166 Å². The molecule has 0 aliphatic carbocycles. The maximum Gasteiger partial charge on any atom is 0.338 e. The van der Waals surface area contributed by atoms with Crippen molar-refractivity contribution in [1.29, 1.82) is 0 Å². The Morgan fingerprint density at radius 3 is 2.36 bits per heavy atom. The molecule has 6 nitrogen and oxygen atoms in total. The number of rotatable bonds is 6. The van der Waals surface area contributed by atoms with Crippen LogP contribution in [0.15, 0.2) is 66.0 Å². The summed E-state index contributed by atoms with van der Waals surface area (Å²) in [6.45, 7) is 1.49. The van der Waals surface area contributed by atoms with Gasteiger partial charge < -0.3 is 15.4 Å². The fraction of sp³-hybridized carbons (Fsp3) is 0.0952. The van der Waals surface area contributed by atoms with Crippen LogP contribution >= 0.6 is 11.3 Å². The van der Waals surface area contributed by atoms with E-state index in [0.717, 1.165) is 5.56 Å². The first-order valence-electron chi connectivity index (χ1n) is 8.50. The van der Waals surface area contributed by atoms with Crippen LogP contribution < -0.4 is 10.6 Å². The van der Waals surface area contributed by atoms with E-state index in [2.05, 4.69) is 10.6 Å². The third kappa shape index (κ3) is 5.05. The number of nitrogens with one attached hydrogen (secondary N) is 2. The quantitative estimate of drug-likeness (QED) is 0.617. The maximum atomic E-state index is 12.1. The van der Waals surface area contributed by atoms with Gasteiger partial charge in [0.05, 0.1) is 10.4 Å². The molecule has 2 aromatic carbocycles. The first-order chi connectivity index (χ1) is 13.5. The third-order valence-electron chi connectivity index (χ3n) is 3.88. The number of thiophene rings is 1. The van der Waals surface area contributed by atoms with Gasteiger partial charge in [-0.3, -0.25) is 9.59 Å². The summed E-state index contributed by atoms with van der Waals surface area (Å²) in [5, 5.41) is 7.27. The molecule has 0 spiro atoms. The molecule has 0 unspecified atom stereocenters. The Morgan fingerprint density at radius 1 is 0.929 bits per heavy atom. The summed E-state index contributed by atoms with van der Waals surface area (Å²) in [5.74, 6) is -1.24. The molecule has 0 bridgehead atoms. The molecule has 1 heterocycles. The lowest BCUT2D eigenvalue weighted by Gasteiger charge is -2.09. The van der Waals surface area contributed by atoms with E-state index in [1.54, 1.807) is 30.3 Å². The van der Waals surface area contributed by atoms with Crippen molar-refractivity contribution in [3.63, 3.8) is 0 Å². The van der Waals surface area contributed by atoms with Crippen molar-refractivity contribution in [2.45, 2.75) is 6.92 Å². The molecule has 142 valence electrons. The van der Waals surface area contributed by atoms with E-state index >= 15 is 0 Å². The SMILES string of the molecule is Cc1ccccc1NC(=O)COC(=O)c1ccc(NC(=O)c2cccs2)cc1. The summed E-state index contributed by atoms with van der Waals surface area (Å²) < 4.78 is 5.05. The largest absolute Gasteiger partial charge is 0.452 e. The summed E-state index contributed by atoms with van der Waals surface area (Å²) in [5.41, 5.74) is 2.45. The second kappa shape index (κ2) is 8.96. The molecule has 2 amide bonds. The van der Waals surface area contributed by atoms with Gasteiger partial charge in [0, 0.05) is 11.4 Å². The fourth-order valence-corrected chi connectivity index (χ4v) is 3.02. The highest BCUT2D eigenvalue weighted by Crippen LogP contribution is 2.15. The molecule has 2 N–H and O–H groups in total. The van der Waals surface area contributed by atoms with Crippen LogP contribution in [0.5, 0.6) is 0 Å². The van der Waals surface area contributed by atoms with Gasteiger partial charge in [-0.1, -0.05) is 24.3 Å². The topological polar surface area (TPSA) is 84.5 Å². The highest BCUT2D eigenvalue weighted by atomic mass is 32.1. The van der Waals surface area contributed by atoms with Crippen LogP contribution in [0.25, 0.3) is 0 Å². The molecule has 3 aromatic rings. The van der Waals surface area contributed by atoms with Crippen LogP contribution in [-0.4, -0.2) is 24.4 Å². The molecule has 7 heteroatoms. The Hall–Kier alpha value is -3.45. The van der Waals surface area contributed by atoms with Gasteiger partial charge in [-0.15, -0.1) is 11.3 Å². The number of benzene rings is 2. The molecule has 0 saturated heterocycles. The van der Waals surface area contributed by atoms with E-state index in [1.165, 1.54) is 23.5 Å². The average Bonchev–Trinajstić information content (AvgIpc) is 3.23. The number of hydrogen-bond acceptors (Lipinski definition) is 5. The van der Waals surface area contributed by atoms with Crippen LogP contribution in [0.1, 0.15) is 25.6 Å². The lowest BCUT2D eigenvalue weighted by molar-refractivity contribution is -0.119. The molecule has 28 heavy (non-hydrogen) atoms. The summed E-state index contributed by atoms with van der Waals surface area (Å²) in [7, 11) is 0. The van der Waals surface area contributed by atoms with Crippen LogP contribution in [0, 0.1) is 6.92 Å². The lowest BCUT2D eigenvalue weighted by Crippen LogP contribution is -2.21. The first kappa shape index (κ1) is 19.3. The minimum Gasteiger partial charge on any atom is -0.452 e. The van der Waals surface area contributed by atoms with Crippen LogP contribution in [0.2, 0.25) is 0 Å². The third-order valence-corrected chi connectivity index (χ3v) is 4.75. The number of anilines is 2. The molecule has 0 aliphatic heterocycles. The molecule has 3 rings (SSSR count). The predicted molar refractivity (Wildman–Crippen MR) is 109 cm³/mol. The van der Waals surface area contributed by atoms with Crippen molar-refractivity contribution in [1.82, 2.24) is 0 Å². The van der Waals surface area contributed by atoms with Gasteiger partial charge in [0.2, 0.25) is 0 Å². The van der Waals surface area contributed by atoms with Gasteiger partial charge in [0.15, 0.2) is 6.61 Å². The number of para-hydroxylation sites is 1. The van der Waals surface area contributed by atoms with Crippen molar-refractivity contribution in [2.75, 3.05) is 17.2 Å². The Balaban J connectivity index is 1.51. The molecule has 0 atom stereocenters. The zero-order valence-corrected chi connectivity index (χ0v) is 15.9. The predicted octanol–water partition coefficient (Wildman–Crippen LogP) is 4.10. The molecule has 0 fully saturated rings. The number of hydrogen-bond donors (Lipinski definition) is 2. The number of carbonyl (C=O) groups excluding carboxylic acids is 3. The molecule has 0 aliphatic rings. The fourth-order valence-electron chi connectivity index (χ4n) is 2.40. The number of carbonyl (C=O) groups is 3. The van der Waals surface area contributed by atoms with Crippen molar-refractivity contribution in [3.05, 3.63) is 82.0 Å². The van der Waals surface area contributed by atoms with E-state index in [1.807, 2.05) is 30.5 Å². The van der Waals surface area contributed by atoms with E-state index in [4.69, 9.17) is 4.74 Å². The summed E-state index contributed by atoms with van der Waals surface area (Å²) >= 11 is 1.34. The summed E-state index contributed by atoms with van der Waals surface area (Å²) in [6.07, 6.45) is 0. The summed E-state index contributed by atoms with van der Waals surface area (Å²) in [6, 6.07) is 17.1. The van der Waals surface area contributed by atoms with Crippen molar-refractivity contribution in [3.8, 4) is 0 Å². The number of amides is 2. The number of ether oxygens (including phenoxy) is 1. The van der Waals surface area contributed by atoms with Gasteiger partial charge in [-0.25, -0.2) is 4.79 Å². The highest BCUT2D eigenvalue weighted by Gasteiger charge is 2.12. The van der Waals surface area contributed by atoms with Gasteiger partial charge in [-0.2, -0.15) is 0 Å². The molecule has 0 saturated carbocycles. The van der Waals surface area contributed by atoms with Gasteiger partial charge >= 0.3 is 5.97 Å². The first-order valence-corrected chi connectivity index (χ1v) is 9.38. The number of aryl methyl sites for hydroxylation is 1. The minimum absolute atomic E-state index is 0.210. The second-order valence-electron chi connectivity index (χ2n) is 5.95. The molecular weight excluding hydrogens is 376 g/mol. The Kier molecular flexibility index (Phi) is 6.18. The monoisotopic (exact) mass is 394 g/mol. The maximum absolute atomic E-state index is 12.1. The Bertz CT molecular complexity index is 982. The normalized spacial score (nSPS) is 10.2. The van der Waals surface area contributed by atoms with Crippen LogP contribution in [0.4, 0.5) is 11.4 Å². The summed E-state index contributed by atoms with van der Waals surface area (Å²) in [4.78, 5) is 36.7. The van der Waals surface area contributed by atoms with E-state index < -0.39 is 11.9 Å². The smallest absolute Gasteiger partial charge is 0.338 e. The highest BCUT2D eigenvalue weighted by molar-refractivity contribution is 7.12. The van der Waals surface area contributed by atoms with Crippen molar-refractivity contribution < 1.29 is 19.1 Å². The van der Waals surface area contributed by atoms with Gasteiger partial charge in [-0.05, 0) is 54.3 Å². The van der Waals surface area contributed by atoms with E-state index in [9.17, 15) is 14.4 Å². The zero-order chi connectivity index (χ0) is 19.9. The minimum atomic E-state index is -0.615. The average molecular weight is 394 g/mol. The van der Waals surface area contributed by atoms with E-state index in [0.29, 0.717) is 16.3 Å². The van der Waals surface area contributed by atoms with Crippen molar-refractivity contribution >= 4 is 40.5 Å². The standard InChI is InChI=1S/C21H18N2O4S/c1-14-5-2-3-6-17(14)23-19(24)13-27-21(26)15-8-10-16(11-9-15)22-20(25)18-7-4-12-28-18/h2-12H,13H2,1H3,(H,22,25)(H,23,24). The molecule has 1 aromatic heterocycles. The Morgan fingerprint density at radius 2 is 1.68 bits per heavy atom. The van der Waals surface area contributed by atoms with Crippen LogP contribution in [-0.2, 0) is 9.53 Å². The van der Waals surface area contributed by atoms with Gasteiger partial charge in [0.1, 0.15) is 0 Å².